The van der Waals surface area contributed by atoms with Gasteiger partial charge < -0.3 is 30.4 Å². The molecule has 1 aliphatic rings. The van der Waals surface area contributed by atoms with Crippen LogP contribution >= 0.6 is 15.9 Å². The highest BCUT2D eigenvalue weighted by molar-refractivity contribution is 9.10. The highest BCUT2D eigenvalue weighted by atomic mass is 79.9. The summed E-state index contributed by atoms with van der Waals surface area (Å²) in [6.45, 7) is 3.24. The van der Waals surface area contributed by atoms with Gasteiger partial charge in [-0.25, -0.2) is 9.78 Å². The van der Waals surface area contributed by atoms with E-state index in [1.54, 1.807) is 0 Å². The van der Waals surface area contributed by atoms with Gasteiger partial charge in [0, 0.05) is 22.6 Å². The zero-order valence-electron chi connectivity index (χ0n) is 26.3. The fourth-order valence-corrected chi connectivity index (χ4v) is 6.81. The third-order valence-electron chi connectivity index (χ3n) is 8.53. The molecule has 1 unspecified atom stereocenters. The predicted molar refractivity (Wildman–Crippen MR) is 186 cm³/mol. The van der Waals surface area contributed by atoms with Crippen LogP contribution in [0, 0.1) is 6.92 Å². The Morgan fingerprint density at radius 1 is 1.00 bits per heavy atom. The highest BCUT2D eigenvalue weighted by Gasteiger charge is 2.33. The molecule has 3 atom stereocenters. The molecule has 0 spiro atoms. The van der Waals surface area contributed by atoms with Crippen molar-refractivity contribution in [2.45, 2.75) is 43.9 Å². The van der Waals surface area contributed by atoms with E-state index >= 15 is 0 Å². The van der Waals surface area contributed by atoms with Crippen LogP contribution in [0.4, 0.5) is 10.5 Å². The molecule has 0 bridgehead atoms. The fraction of sp³-hybridized carbons (Fsp3) is 0.270. The molecule has 5 aromatic rings. The number of nitrogens with one attached hydrogen (secondary N) is 4. The van der Waals surface area contributed by atoms with E-state index < -0.39 is 18.1 Å². The van der Waals surface area contributed by atoms with Crippen LogP contribution in [-0.4, -0.2) is 54.4 Å². The number of benzene rings is 4. The number of ether oxygens (including phenoxy) is 2. The van der Waals surface area contributed by atoms with Gasteiger partial charge in [-0.15, -0.1) is 0 Å². The standard InChI is InChI=1S/C37H38BrN5O4/c1-23-19-28(38)33-30(20-23)40-35(42-33)31-22-47-27(21-39-31)18-17-24-11-9-10-16-29(24)41-36(44)34(43-37(45)46-2)32(25-12-5-3-6-13-25)26-14-7-4-8-15-26/h3-16,19-20,27,31-32,34,39H,17-18,21-22H2,1-2H3,(H,40,42)(H,41,44)(H,43,45)/t27-,31+,34?/m1/s1. The van der Waals surface area contributed by atoms with E-state index in [2.05, 4.69) is 55.9 Å². The number of carbonyl (C=O) groups excluding carboxylic acids is 2. The lowest BCUT2D eigenvalue weighted by Crippen LogP contribution is -2.48. The van der Waals surface area contributed by atoms with Crippen LogP contribution in [0.1, 0.15) is 46.5 Å². The second-order valence-corrected chi connectivity index (χ2v) is 12.6. The maximum Gasteiger partial charge on any atom is 0.407 e. The number of amides is 2. The summed E-state index contributed by atoms with van der Waals surface area (Å²) in [5.74, 6) is 0.0686. The molecule has 6 rings (SSSR count). The number of methoxy groups -OCH3 is 1. The lowest BCUT2D eigenvalue weighted by Gasteiger charge is -2.30. The summed E-state index contributed by atoms with van der Waals surface area (Å²) >= 11 is 3.62. The molecular weight excluding hydrogens is 658 g/mol. The molecule has 4 N–H and O–H groups in total. The lowest BCUT2D eigenvalue weighted by molar-refractivity contribution is -0.118. The number of rotatable bonds is 10. The van der Waals surface area contributed by atoms with Gasteiger partial charge in [0.1, 0.15) is 17.4 Å². The number of halogens is 1. The number of anilines is 1. The lowest BCUT2D eigenvalue weighted by atomic mass is 9.84. The number of carbonyl (C=O) groups is 2. The second-order valence-electron chi connectivity index (χ2n) is 11.8. The van der Waals surface area contributed by atoms with Crippen molar-refractivity contribution in [2.24, 2.45) is 0 Å². The number of hydrogen-bond acceptors (Lipinski definition) is 6. The summed E-state index contributed by atoms with van der Waals surface area (Å²) in [7, 11) is 1.29. The number of aromatic amines is 1. The summed E-state index contributed by atoms with van der Waals surface area (Å²) in [5.41, 5.74) is 6.54. The SMILES string of the molecule is COC(=O)NC(C(=O)Nc1ccccc1CC[C@@H]1CN[C@H](c2nc3c(Br)cc(C)cc3[nH]2)CO1)C(c1ccccc1)c1ccccc1. The molecule has 1 aromatic heterocycles. The molecule has 0 aliphatic carbocycles. The van der Waals surface area contributed by atoms with E-state index in [1.165, 1.54) is 7.11 Å². The number of aryl methyl sites for hydroxylation is 2. The van der Waals surface area contributed by atoms with E-state index in [1.807, 2.05) is 84.9 Å². The number of nitrogens with zero attached hydrogens (tertiary/aromatic N) is 1. The van der Waals surface area contributed by atoms with Crippen LogP contribution in [-0.2, 0) is 20.7 Å². The number of imidazole rings is 1. The summed E-state index contributed by atoms with van der Waals surface area (Å²) in [6.07, 6.45) is 0.779. The molecule has 47 heavy (non-hydrogen) atoms. The maximum atomic E-state index is 14.1. The van der Waals surface area contributed by atoms with E-state index in [9.17, 15) is 9.59 Å². The molecule has 1 aliphatic heterocycles. The third kappa shape index (κ3) is 7.73. The van der Waals surface area contributed by atoms with Gasteiger partial charge >= 0.3 is 6.09 Å². The van der Waals surface area contributed by atoms with Gasteiger partial charge in [0.15, 0.2) is 0 Å². The molecule has 1 saturated heterocycles. The number of alkyl carbamates (subject to hydrolysis) is 1. The van der Waals surface area contributed by atoms with E-state index in [4.69, 9.17) is 14.5 Å². The minimum Gasteiger partial charge on any atom is -0.453 e. The Hall–Kier alpha value is -4.51. The van der Waals surface area contributed by atoms with E-state index in [0.29, 0.717) is 25.3 Å². The number of aromatic nitrogens is 2. The average Bonchev–Trinajstić information content (AvgIpc) is 3.53. The predicted octanol–water partition coefficient (Wildman–Crippen LogP) is 6.79. The van der Waals surface area contributed by atoms with Crippen LogP contribution in [0.2, 0.25) is 0 Å². The minimum absolute atomic E-state index is 0.00245. The topological polar surface area (TPSA) is 117 Å². The van der Waals surface area contributed by atoms with Gasteiger partial charge in [0.25, 0.3) is 0 Å². The molecule has 1 fully saturated rings. The zero-order chi connectivity index (χ0) is 32.8. The second kappa shape index (κ2) is 14.9. The Morgan fingerprint density at radius 3 is 2.34 bits per heavy atom. The van der Waals surface area contributed by atoms with Gasteiger partial charge in [-0.3, -0.25) is 4.79 Å². The number of para-hydroxylation sites is 1. The van der Waals surface area contributed by atoms with Crippen molar-refractivity contribution in [3.05, 3.63) is 130 Å². The van der Waals surface area contributed by atoms with E-state index in [-0.39, 0.29) is 18.1 Å². The molecule has 2 amide bonds. The van der Waals surface area contributed by atoms with Crippen molar-refractivity contribution < 1.29 is 19.1 Å². The third-order valence-corrected chi connectivity index (χ3v) is 9.13. The Labute approximate surface area is 282 Å². The molecule has 2 heterocycles. The highest BCUT2D eigenvalue weighted by Crippen LogP contribution is 2.31. The first-order chi connectivity index (χ1) is 22.9. The van der Waals surface area contributed by atoms with Gasteiger partial charge in [-0.2, -0.15) is 0 Å². The van der Waals surface area contributed by atoms with Crippen molar-refractivity contribution in [1.29, 1.82) is 0 Å². The number of fused-ring (bicyclic) bond motifs is 1. The molecular formula is C37H38BrN5O4. The van der Waals surface area contributed by atoms with E-state index in [0.717, 1.165) is 50.0 Å². The molecule has 0 saturated carbocycles. The Morgan fingerprint density at radius 2 is 1.68 bits per heavy atom. The molecule has 10 heteroatoms. The number of H-pyrrole nitrogens is 1. The largest absolute Gasteiger partial charge is 0.453 e. The maximum absolute atomic E-state index is 14.1. The number of morpholine rings is 1. The van der Waals surface area contributed by atoms with Crippen LogP contribution in [0.25, 0.3) is 11.0 Å². The molecule has 242 valence electrons. The van der Waals surface area contributed by atoms with Gasteiger partial charge in [-0.05, 0) is 76.1 Å². The van der Waals surface area contributed by atoms with Crippen molar-refractivity contribution in [3.8, 4) is 0 Å². The van der Waals surface area contributed by atoms with Gasteiger partial charge in [0.05, 0.1) is 31.4 Å². The summed E-state index contributed by atoms with van der Waals surface area (Å²) < 4.78 is 12.2. The first kappa shape index (κ1) is 32.4. The first-order valence-corrected chi connectivity index (χ1v) is 16.5. The fourth-order valence-electron chi connectivity index (χ4n) is 6.15. The summed E-state index contributed by atoms with van der Waals surface area (Å²) in [6, 6.07) is 30.3. The smallest absolute Gasteiger partial charge is 0.407 e. The molecule has 0 radical (unpaired) electrons. The Kier molecular flexibility index (Phi) is 10.3. The normalized spacial score (nSPS) is 16.9. The van der Waals surface area contributed by atoms with Crippen molar-refractivity contribution in [3.63, 3.8) is 0 Å². The minimum atomic E-state index is -0.939. The molecule has 9 nitrogen and oxygen atoms in total. The summed E-state index contributed by atoms with van der Waals surface area (Å²) in [4.78, 5) is 34.8. The monoisotopic (exact) mass is 695 g/mol. The van der Waals surface area contributed by atoms with Crippen molar-refractivity contribution in [1.82, 2.24) is 20.6 Å². The van der Waals surface area contributed by atoms with Gasteiger partial charge in [-0.1, -0.05) is 78.9 Å². The quantitative estimate of drug-likeness (QED) is 0.128. The Bertz CT molecular complexity index is 1780. The summed E-state index contributed by atoms with van der Waals surface area (Å²) in [5, 5.41) is 9.51. The first-order valence-electron chi connectivity index (χ1n) is 15.7. The van der Waals surface area contributed by atoms with Crippen LogP contribution in [0.3, 0.4) is 0 Å². The van der Waals surface area contributed by atoms with Crippen LogP contribution < -0.4 is 16.0 Å². The van der Waals surface area contributed by atoms with Crippen LogP contribution in [0.5, 0.6) is 0 Å². The number of hydrogen-bond donors (Lipinski definition) is 4. The zero-order valence-corrected chi connectivity index (χ0v) is 27.9. The van der Waals surface area contributed by atoms with Crippen LogP contribution in [0.15, 0.2) is 102 Å². The van der Waals surface area contributed by atoms with Crippen molar-refractivity contribution >= 4 is 44.7 Å². The van der Waals surface area contributed by atoms with Gasteiger partial charge in [0.2, 0.25) is 5.91 Å². The van der Waals surface area contributed by atoms with Crippen molar-refractivity contribution in [2.75, 3.05) is 25.6 Å². The molecule has 4 aromatic carbocycles. The average molecular weight is 697 g/mol. The Balaban J connectivity index is 1.14.